The fourth-order valence-corrected chi connectivity index (χ4v) is 9.81. The molecule has 1 saturated heterocycles. The zero-order valence-electron chi connectivity index (χ0n) is 33.7. The highest BCUT2D eigenvalue weighted by Gasteiger charge is 2.38. The maximum absolute atomic E-state index is 14.9. The Hall–Kier alpha value is -4.35. The molecule has 0 bridgehead atoms. The Kier molecular flexibility index (Phi) is 10.8. The van der Waals surface area contributed by atoms with Gasteiger partial charge in [0.15, 0.2) is 0 Å². The van der Waals surface area contributed by atoms with Gasteiger partial charge in [0.2, 0.25) is 10.0 Å². The Balaban J connectivity index is 1.46. The predicted octanol–water partition coefficient (Wildman–Crippen LogP) is 8.32. The highest BCUT2D eigenvalue weighted by atomic mass is 32.2. The molecule has 55 heavy (non-hydrogen) atoms. The zero-order chi connectivity index (χ0) is 39.3. The van der Waals surface area contributed by atoms with E-state index in [1.165, 1.54) is 12.0 Å². The number of rotatable bonds is 10. The van der Waals surface area contributed by atoms with Gasteiger partial charge in [0.05, 0.1) is 35.9 Å². The second-order valence-corrected chi connectivity index (χ2v) is 18.9. The number of likely N-dealkylation sites (N-methyl/N-ethyl adjacent to an activating group) is 1. The number of allylic oxidation sites excluding steroid dienone is 1. The van der Waals surface area contributed by atoms with Crippen molar-refractivity contribution in [1.82, 2.24) is 23.7 Å². The number of carbonyl (C=O) groups is 2. The van der Waals surface area contributed by atoms with E-state index in [-0.39, 0.29) is 29.6 Å². The number of sulfonamides is 1. The predicted molar refractivity (Wildman–Crippen MR) is 221 cm³/mol. The van der Waals surface area contributed by atoms with Crippen molar-refractivity contribution < 1.29 is 22.7 Å². The minimum absolute atomic E-state index is 0.0491. The molecule has 1 saturated carbocycles. The van der Waals surface area contributed by atoms with Crippen molar-refractivity contribution in [2.45, 2.75) is 115 Å². The molecular weight excluding hydrogens is 711 g/mol. The Morgan fingerprint density at radius 1 is 0.945 bits per heavy atom. The Labute approximate surface area is 326 Å². The highest BCUT2D eigenvalue weighted by Crippen LogP contribution is 2.48. The van der Waals surface area contributed by atoms with Crippen LogP contribution < -0.4 is 9.46 Å². The lowest BCUT2D eigenvalue weighted by Crippen LogP contribution is -2.44. The van der Waals surface area contributed by atoms with Crippen molar-refractivity contribution >= 4 is 44.4 Å². The quantitative estimate of drug-likeness (QED) is 0.174. The number of benzene rings is 2. The molecule has 11 heteroatoms. The summed E-state index contributed by atoms with van der Waals surface area (Å²) in [5.74, 6) is 0.477. The first-order chi connectivity index (χ1) is 26.2. The first-order valence-corrected chi connectivity index (χ1v) is 21.5. The van der Waals surface area contributed by atoms with Gasteiger partial charge in [-0.15, -0.1) is 0 Å². The molecule has 2 amide bonds. The molecule has 1 N–H and O–H groups in total. The second-order valence-electron chi connectivity index (χ2n) is 16.7. The summed E-state index contributed by atoms with van der Waals surface area (Å²) in [6, 6.07) is 14.2. The Morgan fingerprint density at radius 3 is 2.36 bits per heavy atom. The molecule has 0 radical (unpaired) electrons. The van der Waals surface area contributed by atoms with E-state index in [0.29, 0.717) is 18.0 Å². The minimum atomic E-state index is -3.84. The van der Waals surface area contributed by atoms with Crippen LogP contribution in [0.3, 0.4) is 0 Å². The monoisotopic (exact) mass is 767 g/mol. The van der Waals surface area contributed by atoms with Gasteiger partial charge in [-0.25, -0.2) is 13.1 Å². The average Bonchev–Trinajstić information content (AvgIpc) is 3.81. The first-order valence-electron chi connectivity index (χ1n) is 20.0. The lowest BCUT2D eigenvalue weighted by molar-refractivity contribution is 0.0655. The van der Waals surface area contributed by atoms with Gasteiger partial charge >= 0.3 is 0 Å². The van der Waals surface area contributed by atoms with E-state index in [1.807, 2.05) is 30.5 Å². The maximum Gasteiger partial charge on any atom is 0.264 e. The maximum atomic E-state index is 14.9. The molecule has 0 spiro atoms. The number of amides is 2. The third kappa shape index (κ3) is 7.26. The number of carbonyl (C=O) groups excluding carboxylic acids is 2. The summed E-state index contributed by atoms with van der Waals surface area (Å²) in [4.78, 5) is 32.7. The Morgan fingerprint density at radius 2 is 1.69 bits per heavy atom. The number of methoxy groups -OCH3 is 1. The van der Waals surface area contributed by atoms with Crippen LogP contribution in [0.25, 0.3) is 33.8 Å². The number of hydrogen-bond donors (Lipinski definition) is 1. The van der Waals surface area contributed by atoms with Crippen LogP contribution in [0.1, 0.15) is 129 Å². The molecule has 4 heterocycles. The summed E-state index contributed by atoms with van der Waals surface area (Å²) >= 11 is 0. The first kappa shape index (κ1) is 38.9. The zero-order valence-corrected chi connectivity index (χ0v) is 34.5. The Bertz CT molecular complexity index is 2260. The van der Waals surface area contributed by atoms with Gasteiger partial charge < -0.3 is 23.7 Å². The number of likely N-dealkylation sites (tertiary alicyclic amines) is 1. The molecule has 2 aliphatic heterocycles. The number of nitrogens with one attached hydrogen (secondary N) is 1. The molecule has 2 fully saturated rings. The smallest absolute Gasteiger partial charge is 0.264 e. The van der Waals surface area contributed by atoms with Crippen LogP contribution in [-0.4, -0.2) is 84.2 Å². The molecule has 294 valence electrons. The van der Waals surface area contributed by atoms with Crippen LogP contribution in [0.5, 0.6) is 5.75 Å². The normalized spacial score (nSPS) is 19.2. The third-order valence-electron chi connectivity index (χ3n) is 12.0. The van der Waals surface area contributed by atoms with Gasteiger partial charge in [-0.2, -0.15) is 0 Å². The summed E-state index contributed by atoms with van der Waals surface area (Å²) in [7, 11) is 1.97. The minimum Gasteiger partial charge on any atom is -0.497 e. The van der Waals surface area contributed by atoms with E-state index in [4.69, 9.17) is 4.74 Å². The fraction of sp³-hybridized carbons (Fsp3) is 0.500. The van der Waals surface area contributed by atoms with Gasteiger partial charge in [0.25, 0.3) is 11.8 Å². The molecule has 2 atom stereocenters. The van der Waals surface area contributed by atoms with Gasteiger partial charge in [0.1, 0.15) is 5.75 Å². The molecule has 10 nitrogen and oxygen atoms in total. The van der Waals surface area contributed by atoms with E-state index >= 15 is 0 Å². The van der Waals surface area contributed by atoms with Crippen molar-refractivity contribution in [2.75, 3.05) is 27.7 Å². The van der Waals surface area contributed by atoms with Crippen molar-refractivity contribution in [1.29, 1.82) is 0 Å². The number of nitrogens with zero attached hydrogens (tertiary/aromatic N) is 4. The number of hydrogen-bond acceptors (Lipinski definition) is 6. The topological polar surface area (TPSA) is 106 Å². The molecule has 2 aromatic heterocycles. The van der Waals surface area contributed by atoms with Crippen LogP contribution in [0.15, 0.2) is 48.7 Å². The number of ether oxygens (including phenoxy) is 1. The summed E-state index contributed by atoms with van der Waals surface area (Å²) in [5, 5.41) is 0.320. The van der Waals surface area contributed by atoms with Crippen LogP contribution in [0.4, 0.5) is 0 Å². The van der Waals surface area contributed by atoms with Crippen molar-refractivity contribution in [3.05, 3.63) is 76.6 Å². The van der Waals surface area contributed by atoms with Crippen LogP contribution in [0.2, 0.25) is 0 Å². The molecule has 2 aromatic carbocycles. The van der Waals surface area contributed by atoms with Crippen molar-refractivity contribution in [2.24, 2.45) is 0 Å². The summed E-state index contributed by atoms with van der Waals surface area (Å²) in [5.41, 5.74) is 8.16. The van der Waals surface area contributed by atoms with Gasteiger partial charge in [0, 0.05) is 52.9 Å². The number of fused-ring (bicyclic) bond motifs is 5. The van der Waals surface area contributed by atoms with Gasteiger partial charge in [-0.3, -0.25) is 9.59 Å². The molecule has 1 aliphatic carbocycles. The molecule has 2 unspecified atom stereocenters. The van der Waals surface area contributed by atoms with Gasteiger partial charge in [-0.1, -0.05) is 25.3 Å². The molecular formula is C44H57N5O5S. The fourth-order valence-electron chi connectivity index (χ4n) is 9.20. The standard InChI is InChI=1S/C44H57N5O5S/c1-27(2)47-21-20-38(44(51)49-29(5)14-16-34(49)26-46(6)7)41(47)33-22-32-23-35(54-8)17-19-36(32)42-40(30-12-10-9-11-13-30)37-18-15-31(24-39(37)48(42)25-33)43(50)45-55(52,53)28(3)4/h15,17-24,27-30,34H,9-14,16,25-26H2,1-8H3,(H,45,50). The highest BCUT2D eigenvalue weighted by molar-refractivity contribution is 7.90. The van der Waals surface area contributed by atoms with E-state index in [0.717, 1.165) is 89.8 Å². The lowest BCUT2D eigenvalue weighted by atomic mass is 9.81. The molecule has 4 aromatic rings. The SMILES string of the molecule is COc1ccc2c(c1)C=C(c1c(C(=O)N3C(C)CCC3CN(C)C)ccn1C(C)C)Cn1c-2c(C2CCCCC2)c2ccc(C(=O)NS(=O)(=O)C(C)C)cc21. The number of aromatic nitrogens is 2. The van der Waals surface area contributed by atoms with E-state index in [9.17, 15) is 18.0 Å². The summed E-state index contributed by atoms with van der Waals surface area (Å²) in [6.07, 6.45) is 11.9. The van der Waals surface area contributed by atoms with Gasteiger partial charge in [-0.05, 0) is 139 Å². The van der Waals surface area contributed by atoms with E-state index in [1.54, 1.807) is 27.0 Å². The summed E-state index contributed by atoms with van der Waals surface area (Å²) < 4.78 is 38.2. The average molecular weight is 768 g/mol. The van der Waals surface area contributed by atoms with E-state index < -0.39 is 21.2 Å². The molecule has 7 rings (SSSR count). The van der Waals surface area contributed by atoms with Crippen LogP contribution in [0, 0.1) is 0 Å². The van der Waals surface area contributed by atoms with Crippen molar-refractivity contribution in [3.8, 4) is 17.0 Å². The molecule has 3 aliphatic rings. The van der Waals surface area contributed by atoms with E-state index in [2.05, 4.69) is 76.7 Å². The third-order valence-corrected chi connectivity index (χ3v) is 13.7. The van der Waals surface area contributed by atoms with Crippen molar-refractivity contribution in [3.63, 3.8) is 0 Å². The second kappa shape index (κ2) is 15.3. The van der Waals surface area contributed by atoms with Crippen LogP contribution in [-0.2, 0) is 16.6 Å². The lowest BCUT2D eigenvalue weighted by Gasteiger charge is -2.31. The van der Waals surface area contributed by atoms with Crippen LogP contribution >= 0.6 is 0 Å². The summed E-state index contributed by atoms with van der Waals surface area (Å²) in [6.45, 7) is 10.8. The largest absolute Gasteiger partial charge is 0.497 e.